The first-order valence-electron chi connectivity index (χ1n) is 7.57. The van der Waals surface area contributed by atoms with Crippen LogP contribution in [0.15, 0.2) is 42.7 Å². The molecule has 2 N–H and O–H groups in total. The number of benzene rings is 1. The molecule has 0 unspecified atom stereocenters. The summed E-state index contributed by atoms with van der Waals surface area (Å²) in [4.78, 5) is 39.6. The van der Waals surface area contributed by atoms with Gasteiger partial charge in [0.1, 0.15) is 0 Å². The van der Waals surface area contributed by atoms with Crippen LogP contribution in [0.3, 0.4) is 0 Å². The Kier molecular flexibility index (Phi) is 5.78. The minimum Gasteiger partial charge on any atom is -0.294 e. The van der Waals surface area contributed by atoms with Gasteiger partial charge in [0.05, 0.1) is 5.56 Å². The lowest BCUT2D eigenvalue weighted by Crippen LogP contribution is -2.41. The summed E-state index contributed by atoms with van der Waals surface area (Å²) < 4.78 is 0. The van der Waals surface area contributed by atoms with Crippen molar-refractivity contribution >= 4 is 17.6 Å². The SMILES string of the molecule is Cc1ccc(C)c(C(=O)CCC(=O)NNC(=O)c2cccnc2)c1. The van der Waals surface area contributed by atoms with Crippen molar-refractivity contribution in [2.24, 2.45) is 0 Å². The van der Waals surface area contributed by atoms with Crippen LogP contribution in [0.4, 0.5) is 0 Å². The number of hydrogen-bond acceptors (Lipinski definition) is 4. The molecule has 1 aromatic heterocycles. The number of carbonyl (C=O) groups is 3. The second-order valence-corrected chi connectivity index (χ2v) is 5.49. The maximum absolute atomic E-state index is 12.2. The second-order valence-electron chi connectivity index (χ2n) is 5.49. The molecule has 0 atom stereocenters. The zero-order valence-electron chi connectivity index (χ0n) is 13.6. The molecule has 2 amide bonds. The molecule has 0 saturated carbocycles. The van der Waals surface area contributed by atoms with E-state index in [9.17, 15) is 14.4 Å². The number of Topliss-reactive ketones (excluding diaryl/α,β-unsaturated/α-hetero) is 1. The molecule has 0 radical (unpaired) electrons. The lowest BCUT2D eigenvalue weighted by atomic mass is 9.99. The summed E-state index contributed by atoms with van der Waals surface area (Å²) in [6.45, 7) is 3.78. The average molecular weight is 325 g/mol. The normalized spacial score (nSPS) is 10.1. The fraction of sp³-hybridized carbons (Fsp3) is 0.222. The van der Waals surface area contributed by atoms with Gasteiger partial charge in [0.15, 0.2) is 5.78 Å². The maximum Gasteiger partial charge on any atom is 0.271 e. The molecule has 0 aliphatic carbocycles. The third-order valence-electron chi connectivity index (χ3n) is 3.51. The van der Waals surface area contributed by atoms with E-state index in [1.54, 1.807) is 18.3 Å². The van der Waals surface area contributed by atoms with Gasteiger partial charge in [0.2, 0.25) is 5.91 Å². The number of hydrazine groups is 1. The van der Waals surface area contributed by atoms with E-state index in [0.29, 0.717) is 11.1 Å². The molecule has 0 aliphatic rings. The molecule has 0 fully saturated rings. The predicted octanol–water partition coefficient (Wildman–Crippen LogP) is 2.12. The van der Waals surface area contributed by atoms with Gasteiger partial charge in [-0.25, -0.2) is 0 Å². The third kappa shape index (κ3) is 4.74. The van der Waals surface area contributed by atoms with Gasteiger partial charge in [-0.2, -0.15) is 0 Å². The summed E-state index contributed by atoms with van der Waals surface area (Å²) in [6, 6.07) is 8.85. The zero-order valence-corrected chi connectivity index (χ0v) is 13.6. The first-order valence-corrected chi connectivity index (χ1v) is 7.57. The highest BCUT2D eigenvalue weighted by Gasteiger charge is 2.12. The van der Waals surface area contributed by atoms with Crippen LogP contribution < -0.4 is 10.9 Å². The number of nitrogens with zero attached hydrogens (tertiary/aromatic N) is 1. The Balaban J connectivity index is 1.82. The Morgan fingerprint density at radius 2 is 1.83 bits per heavy atom. The number of carbonyl (C=O) groups excluding carboxylic acids is 3. The molecule has 0 saturated heterocycles. The van der Waals surface area contributed by atoms with Crippen molar-refractivity contribution in [3.8, 4) is 0 Å². The Morgan fingerprint density at radius 3 is 2.54 bits per heavy atom. The molecule has 1 heterocycles. The van der Waals surface area contributed by atoms with Crippen LogP contribution >= 0.6 is 0 Å². The summed E-state index contributed by atoms with van der Waals surface area (Å²) >= 11 is 0. The smallest absolute Gasteiger partial charge is 0.271 e. The van der Waals surface area contributed by atoms with Gasteiger partial charge in [0, 0.05) is 30.8 Å². The molecular weight excluding hydrogens is 306 g/mol. The highest BCUT2D eigenvalue weighted by molar-refractivity contribution is 5.99. The predicted molar refractivity (Wildman–Crippen MR) is 89.3 cm³/mol. The molecule has 0 spiro atoms. The van der Waals surface area contributed by atoms with E-state index in [1.807, 2.05) is 32.0 Å². The molecule has 124 valence electrons. The van der Waals surface area contributed by atoms with E-state index < -0.39 is 11.8 Å². The topological polar surface area (TPSA) is 88.2 Å². The molecule has 2 aromatic rings. The van der Waals surface area contributed by atoms with Crippen LogP contribution in [-0.4, -0.2) is 22.6 Å². The van der Waals surface area contributed by atoms with Crippen LogP contribution in [0, 0.1) is 13.8 Å². The van der Waals surface area contributed by atoms with Gasteiger partial charge >= 0.3 is 0 Å². The Morgan fingerprint density at radius 1 is 1.04 bits per heavy atom. The van der Waals surface area contributed by atoms with Gasteiger partial charge in [-0.3, -0.25) is 30.2 Å². The number of ketones is 1. The summed E-state index contributed by atoms with van der Waals surface area (Å²) in [5.74, 6) is -0.979. The number of rotatable bonds is 5. The van der Waals surface area contributed by atoms with Crippen LogP contribution in [-0.2, 0) is 4.79 Å². The number of nitrogens with one attached hydrogen (secondary N) is 2. The van der Waals surface area contributed by atoms with Crippen molar-refractivity contribution in [2.75, 3.05) is 0 Å². The largest absolute Gasteiger partial charge is 0.294 e. The van der Waals surface area contributed by atoms with Crippen molar-refractivity contribution in [1.29, 1.82) is 0 Å². The van der Waals surface area contributed by atoms with Gasteiger partial charge in [0.25, 0.3) is 5.91 Å². The first kappa shape index (κ1) is 17.3. The lowest BCUT2D eigenvalue weighted by molar-refractivity contribution is -0.121. The van der Waals surface area contributed by atoms with Gasteiger partial charge < -0.3 is 0 Å². The van der Waals surface area contributed by atoms with Crippen LogP contribution in [0.2, 0.25) is 0 Å². The van der Waals surface area contributed by atoms with E-state index in [1.165, 1.54) is 6.20 Å². The van der Waals surface area contributed by atoms with Crippen LogP contribution in [0.5, 0.6) is 0 Å². The van der Waals surface area contributed by atoms with E-state index in [2.05, 4.69) is 15.8 Å². The third-order valence-corrected chi connectivity index (χ3v) is 3.51. The number of hydrogen-bond donors (Lipinski definition) is 2. The fourth-order valence-corrected chi connectivity index (χ4v) is 2.16. The standard InChI is InChI=1S/C18H19N3O3/c1-12-5-6-13(2)15(10-12)16(22)7-8-17(23)20-21-18(24)14-4-3-9-19-11-14/h3-6,9-11H,7-8H2,1-2H3,(H,20,23)(H,21,24). The second kappa shape index (κ2) is 8.01. The van der Waals surface area contributed by atoms with Crippen molar-refractivity contribution < 1.29 is 14.4 Å². The number of aryl methyl sites for hydroxylation is 2. The van der Waals surface area contributed by atoms with Gasteiger partial charge in [-0.15, -0.1) is 0 Å². The number of aromatic nitrogens is 1. The fourth-order valence-electron chi connectivity index (χ4n) is 2.16. The first-order chi connectivity index (χ1) is 11.5. The quantitative estimate of drug-likeness (QED) is 0.651. The molecule has 0 bridgehead atoms. The van der Waals surface area contributed by atoms with Crippen molar-refractivity contribution in [2.45, 2.75) is 26.7 Å². The molecule has 6 heteroatoms. The average Bonchev–Trinajstić information content (AvgIpc) is 2.60. The molecular formula is C18H19N3O3. The van der Waals surface area contributed by atoms with Gasteiger partial charge in [-0.1, -0.05) is 17.7 Å². The van der Waals surface area contributed by atoms with Crippen LogP contribution in [0.1, 0.15) is 44.7 Å². The maximum atomic E-state index is 12.2. The summed E-state index contributed by atoms with van der Waals surface area (Å²) in [5, 5.41) is 0. The van der Waals surface area contributed by atoms with Crippen molar-refractivity contribution in [3.63, 3.8) is 0 Å². The Bertz CT molecular complexity index is 757. The zero-order chi connectivity index (χ0) is 17.5. The van der Waals surface area contributed by atoms with E-state index in [4.69, 9.17) is 0 Å². The molecule has 24 heavy (non-hydrogen) atoms. The van der Waals surface area contributed by atoms with Crippen molar-refractivity contribution in [1.82, 2.24) is 15.8 Å². The van der Waals surface area contributed by atoms with E-state index >= 15 is 0 Å². The highest BCUT2D eigenvalue weighted by atomic mass is 16.2. The molecule has 1 aromatic carbocycles. The highest BCUT2D eigenvalue weighted by Crippen LogP contribution is 2.13. The minimum absolute atomic E-state index is 0.000461. The summed E-state index contributed by atoms with van der Waals surface area (Å²) in [6.07, 6.45) is 3.03. The Hall–Kier alpha value is -3.02. The number of pyridine rings is 1. The van der Waals surface area contributed by atoms with Gasteiger partial charge in [-0.05, 0) is 37.6 Å². The Labute approximate surface area is 140 Å². The molecule has 6 nitrogen and oxygen atoms in total. The summed E-state index contributed by atoms with van der Waals surface area (Å²) in [5.41, 5.74) is 7.43. The lowest BCUT2D eigenvalue weighted by Gasteiger charge is -2.08. The van der Waals surface area contributed by atoms with E-state index in [0.717, 1.165) is 11.1 Å². The van der Waals surface area contributed by atoms with Crippen LogP contribution in [0.25, 0.3) is 0 Å². The summed E-state index contributed by atoms with van der Waals surface area (Å²) in [7, 11) is 0. The molecule has 0 aliphatic heterocycles. The number of amides is 2. The molecule has 2 rings (SSSR count). The van der Waals surface area contributed by atoms with E-state index in [-0.39, 0.29) is 18.6 Å². The minimum atomic E-state index is -0.461. The monoisotopic (exact) mass is 325 g/mol. The van der Waals surface area contributed by atoms with Crippen molar-refractivity contribution in [3.05, 3.63) is 65.0 Å².